The van der Waals surface area contributed by atoms with E-state index in [-0.39, 0.29) is 102 Å². The van der Waals surface area contributed by atoms with E-state index in [2.05, 4.69) is 97.1 Å². The predicted octanol–water partition coefficient (Wildman–Crippen LogP) is 2.75. The molecule has 0 aliphatic heterocycles. The van der Waals surface area contributed by atoms with Crippen LogP contribution in [0.1, 0.15) is 153 Å². The van der Waals surface area contributed by atoms with E-state index in [1.807, 2.05) is 67.6 Å². The van der Waals surface area contributed by atoms with Crippen molar-refractivity contribution in [3.63, 3.8) is 0 Å². The molecule has 629 valence electrons. The number of hydrogen-bond acceptors (Lipinski definition) is 18. The Labute approximate surface area is 698 Å². The number of imidazole rings is 1. The van der Waals surface area contributed by atoms with Gasteiger partial charge in [-0.3, -0.25) is 77.2 Å². The van der Waals surface area contributed by atoms with Crippen molar-refractivity contribution in [3.8, 4) is 0 Å². The van der Waals surface area contributed by atoms with E-state index in [9.17, 15) is 62.3 Å². The number of carbonyl (C=O) groups is 13. The second kappa shape index (κ2) is 49.8. The number of aromatic nitrogens is 5. The molecule has 17 N–H and O–H groups in total. The number of benzene rings is 3. The van der Waals surface area contributed by atoms with Crippen LogP contribution in [-0.2, 0) is 126 Å². The van der Waals surface area contributed by atoms with Crippen molar-refractivity contribution >= 4 is 122 Å². The van der Waals surface area contributed by atoms with Crippen molar-refractivity contribution in [2.45, 2.75) is 205 Å². The first-order valence-electron chi connectivity index (χ1n) is 39.3. The molecule has 4 heterocycles. The fraction of sp³-hybridized carbons (Fsp3) is 0.476. The topological polar surface area (TPSA) is 500 Å². The van der Waals surface area contributed by atoms with Crippen LogP contribution in [0.15, 0.2) is 116 Å². The minimum Gasteiger partial charge on any atom is 0 e. The van der Waals surface area contributed by atoms with Crippen LogP contribution >= 0.6 is 0 Å². The summed E-state index contributed by atoms with van der Waals surface area (Å²) in [5.74, 6) is -9.83. The molecular formula is C82H108N19O14ReS-. The van der Waals surface area contributed by atoms with Crippen LogP contribution in [-0.4, -0.2) is 187 Å². The number of para-hydroxylation sites is 3. The van der Waals surface area contributed by atoms with Crippen LogP contribution in [0, 0.1) is 18.5 Å². The van der Waals surface area contributed by atoms with Gasteiger partial charge in [-0.25, -0.2) is 4.98 Å². The van der Waals surface area contributed by atoms with E-state index in [0.29, 0.717) is 67.5 Å². The maximum absolute atomic E-state index is 14.5. The summed E-state index contributed by atoms with van der Waals surface area (Å²) < 4.78 is 7.50. The van der Waals surface area contributed by atoms with E-state index in [1.54, 1.807) is 44.3 Å². The van der Waals surface area contributed by atoms with Gasteiger partial charge in [-0.05, 0) is 93.3 Å². The van der Waals surface area contributed by atoms with Gasteiger partial charge in [-0.2, -0.15) is 0 Å². The van der Waals surface area contributed by atoms with Crippen LogP contribution in [0.3, 0.4) is 0 Å². The number of pyridine rings is 2. The van der Waals surface area contributed by atoms with Gasteiger partial charge >= 0.3 is 11.3 Å². The summed E-state index contributed by atoms with van der Waals surface area (Å²) in [5.41, 5.74) is 16.5. The SMILES string of the molecule is CCCC[C@H](NC(=O)[C@H](CC1CCCCC1)NC(=O)[C@H](Cc1cnc[nH]1)NC(=O)CNC(=O)[C@@H](NC(=O)[C@H](C)NC(=O)[C@H](Cc1c[nH]c2ccccc12)NC(=O)[C@H](CCC(N)=O)NC(=O)CCNC(=O)CCNC(=O)[C@H](C[S-])NC(=O)CCCCN(Cc1ccc2ccccc2n1)Cc1ccc2ccccc2n1)C(C)C)C(N)=O.[C-]#[O+].[Re]. The largest absolute Gasteiger partial charge is 0 e. The Morgan fingerprint density at radius 1 is 0.547 bits per heavy atom. The quantitative estimate of drug-likeness (QED) is 0.0113. The molecule has 3 aromatic carbocycles. The molecule has 13 amide bonds. The molecule has 4 aromatic heterocycles. The fourth-order valence-electron chi connectivity index (χ4n) is 13.6. The number of H-pyrrole nitrogens is 2. The smallest absolute Gasteiger partial charge is 0 e. The molecule has 1 aliphatic rings. The molecule has 33 nitrogen and oxygen atoms in total. The summed E-state index contributed by atoms with van der Waals surface area (Å²) in [6.45, 7) is 11.8. The van der Waals surface area contributed by atoms with E-state index in [1.165, 1.54) is 19.4 Å². The molecule has 1 radical (unpaired) electrons. The van der Waals surface area contributed by atoms with Crippen LogP contribution in [0.2, 0.25) is 0 Å². The zero-order valence-electron chi connectivity index (χ0n) is 66.4. The van der Waals surface area contributed by atoms with Gasteiger partial charge in [0.15, 0.2) is 0 Å². The van der Waals surface area contributed by atoms with Crippen LogP contribution < -0.4 is 70.0 Å². The molecule has 0 unspecified atom stereocenters. The fourth-order valence-corrected chi connectivity index (χ4v) is 13.8. The molecule has 1 saturated carbocycles. The Bertz CT molecular complexity index is 4420. The summed E-state index contributed by atoms with van der Waals surface area (Å²) >= 11 is 5.23. The second-order valence-electron chi connectivity index (χ2n) is 29.3. The van der Waals surface area contributed by atoms with Crippen LogP contribution in [0.25, 0.3) is 32.7 Å². The summed E-state index contributed by atoms with van der Waals surface area (Å²) in [5, 5.41) is 31.9. The molecule has 35 heteroatoms. The Morgan fingerprint density at radius 2 is 1.12 bits per heavy atom. The number of carbonyl (C=O) groups excluding carboxylic acids is 13. The molecule has 8 rings (SSSR count). The monoisotopic (exact) mass is 1800 g/mol. The van der Waals surface area contributed by atoms with Gasteiger partial charge in [-0.1, -0.05) is 132 Å². The summed E-state index contributed by atoms with van der Waals surface area (Å²) in [6, 6.07) is 21.2. The standard InChI is InChI=1S/C81H109N19O13S.CO.Re/c1-5-6-23-62(74(83)106)96-79(111)64(39-51-18-8-7-9-19-51)97-80(112)66(41-57-43-84-48-89-57)94-72(105)44-88-81(113)73(49(2)3)99-75(107)50(4)90-78(110)65(40-54-42-87-61-26-15-12-22-58(54)61)98-77(109)63(32-33-68(82)101)93-71(104)35-36-85-69(102)34-37-86-76(108)67(47-114)95-70(103)27-16-17-38-100(45-55-30-28-52-20-10-13-24-59(52)91-55)46-56-31-29-53-21-11-14-25-60(53)92-56;1-2;/h10-15,20-22,24-26,28-31,42-43,48-51,62-67,73,87,114H,5-9,16-19,23,27,32-41,44-47H2,1-4H3,(H2,82,101)(H2,83,106)(H,84,89)(H,85,102)(H,86,108)(H,88,113)(H,90,110)(H,93,104)(H,94,105)(H,95,103)(H,96,111)(H,97,112)(H,98,109)(H,99,107);;/p-1/t50-,62-,63-,64-,65-,66-,67-,73-;;/m0../s1. The minimum atomic E-state index is -1.45. The predicted molar refractivity (Wildman–Crippen MR) is 434 cm³/mol. The van der Waals surface area contributed by atoms with Crippen LogP contribution in [0.5, 0.6) is 0 Å². The average Bonchev–Trinajstić information content (AvgIpc) is 1.79. The summed E-state index contributed by atoms with van der Waals surface area (Å²) in [4.78, 5) is 198. The second-order valence-corrected chi connectivity index (χ2v) is 29.7. The van der Waals surface area contributed by atoms with Gasteiger partial charge in [-0.15, -0.1) is 5.75 Å². The number of rotatable bonds is 47. The van der Waals surface area contributed by atoms with Crippen molar-refractivity contribution in [2.75, 3.05) is 31.9 Å². The maximum Gasteiger partial charge on any atom is 0 e. The first-order valence-corrected chi connectivity index (χ1v) is 39.9. The third-order valence-corrected chi connectivity index (χ3v) is 20.2. The summed E-state index contributed by atoms with van der Waals surface area (Å²) in [7, 11) is 0. The molecule has 1 fully saturated rings. The Balaban J connectivity index is 0.00000703. The molecule has 0 bridgehead atoms. The number of fused-ring (bicyclic) bond motifs is 3. The van der Waals surface area contributed by atoms with Gasteiger partial charge in [0.2, 0.25) is 76.8 Å². The Morgan fingerprint density at radius 3 is 1.75 bits per heavy atom. The van der Waals surface area contributed by atoms with Crippen molar-refractivity contribution in [1.29, 1.82) is 0 Å². The number of nitrogens with zero attached hydrogens (tertiary/aromatic N) is 4. The third kappa shape index (κ3) is 31.9. The van der Waals surface area contributed by atoms with Gasteiger partial charge < -0.3 is 92.5 Å². The Hall–Kier alpha value is -10.9. The molecule has 0 saturated heterocycles. The molecule has 8 atom stereocenters. The van der Waals surface area contributed by atoms with E-state index in [4.69, 9.17) is 38.7 Å². The average molecular weight is 1800 g/mol. The number of nitrogens with two attached hydrogens (primary N) is 2. The number of primary amides is 2. The van der Waals surface area contributed by atoms with Crippen molar-refractivity contribution < 1.29 is 87.4 Å². The third-order valence-electron chi connectivity index (χ3n) is 19.9. The number of nitrogens with one attached hydrogen (secondary N) is 13. The van der Waals surface area contributed by atoms with Crippen molar-refractivity contribution in [1.82, 2.24) is 88.3 Å². The molecule has 0 spiro atoms. The maximum atomic E-state index is 14.5. The molecular weight excluding hydrogens is 1690 g/mol. The van der Waals surface area contributed by atoms with Crippen LogP contribution in [0.4, 0.5) is 0 Å². The van der Waals surface area contributed by atoms with Gasteiger partial charge in [0.1, 0.15) is 42.3 Å². The zero-order valence-corrected chi connectivity index (χ0v) is 69.9. The normalized spacial score (nSPS) is 14.0. The Kier molecular flexibility index (Phi) is 40.4. The number of unbranched alkanes of at least 4 members (excludes halogenated alkanes) is 2. The number of hydrogen-bond donors (Lipinski definition) is 15. The first-order chi connectivity index (χ1) is 55.8. The van der Waals surface area contributed by atoms with E-state index < -0.39 is 132 Å². The molecule has 7 aromatic rings. The van der Waals surface area contributed by atoms with Gasteiger partial charge in [0, 0.05) is 125 Å². The molecule has 117 heavy (non-hydrogen) atoms. The van der Waals surface area contributed by atoms with Crippen molar-refractivity contribution in [3.05, 3.63) is 145 Å². The van der Waals surface area contributed by atoms with Crippen molar-refractivity contribution in [2.24, 2.45) is 23.3 Å². The van der Waals surface area contributed by atoms with E-state index >= 15 is 0 Å². The zero-order chi connectivity index (χ0) is 84.1. The number of amides is 13. The minimum absolute atomic E-state index is 0. The summed E-state index contributed by atoms with van der Waals surface area (Å²) in [6.07, 6.45) is 10.9. The number of aromatic amines is 2. The van der Waals surface area contributed by atoms with E-state index in [0.717, 1.165) is 71.7 Å². The molecule has 1 aliphatic carbocycles. The van der Waals surface area contributed by atoms with Gasteiger partial charge in [0.05, 0.1) is 41.3 Å². The van der Waals surface area contributed by atoms with Gasteiger partial charge in [0.25, 0.3) is 0 Å². The first kappa shape index (κ1) is 94.9.